The lowest BCUT2D eigenvalue weighted by molar-refractivity contribution is -0.154. The number of alkyl carbamates (subject to hydrolysis) is 1. The first kappa shape index (κ1) is 23.4. The average Bonchev–Trinajstić information content (AvgIpc) is 3.60. The minimum Gasteiger partial charge on any atom is -0.480 e. The lowest BCUT2D eigenvalue weighted by Crippen LogP contribution is -2.50. The van der Waals surface area contributed by atoms with Crippen molar-refractivity contribution in [3.63, 3.8) is 0 Å². The third-order valence-electron chi connectivity index (χ3n) is 7.95. The van der Waals surface area contributed by atoms with Gasteiger partial charge in [-0.3, -0.25) is 4.79 Å². The normalized spacial score (nSPS) is 24.9. The quantitative estimate of drug-likeness (QED) is 0.622. The highest BCUT2D eigenvalue weighted by molar-refractivity contribution is 5.87. The SMILES string of the molecule is CCC1CCN(C(=O)[C@H]2C[C@H]2CNC(=O)OCC2c3ccccc3-c3ccccc32)C(C(=O)O)C1. The number of nitrogens with zero attached hydrogens (tertiary/aromatic N) is 1. The third-order valence-corrected chi connectivity index (χ3v) is 7.95. The number of nitrogens with one attached hydrogen (secondary N) is 1. The Morgan fingerprint density at radius 1 is 1.03 bits per heavy atom. The number of rotatable bonds is 7. The van der Waals surface area contributed by atoms with Gasteiger partial charge in [0.25, 0.3) is 0 Å². The Labute approximate surface area is 205 Å². The first-order valence-electron chi connectivity index (χ1n) is 12.6. The second-order valence-electron chi connectivity index (χ2n) is 9.99. The molecule has 1 saturated carbocycles. The monoisotopic (exact) mass is 476 g/mol. The number of carbonyl (C=O) groups is 3. The van der Waals surface area contributed by atoms with Crippen LogP contribution in [0, 0.1) is 17.8 Å². The van der Waals surface area contributed by atoms with E-state index in [2.05, 4.69) is 36.5 Å². The zero-order chi connectivity index (χ0) is 24.5. The average molecular weight is 477 g/mol. The highest BCUT2D eigenvalue weighted by Gasteiger charge is 2.48. The molecule has 0 radical (unpaired) electrons. The second-order valence-corrected chi connectivity index (χ2v) is 9.99. The molecule has 2 aliphatic carbocycles. The molecule has 184 valence electrons. The van der Waals surface area contributed by atoms with Crippen molar-refractivity contribution in [2.24, 2.45) is 17.8 Å². The van der Waals surface area contributed by atoms with E-state index in [1.165, 1.54) is 11.1 Å². The maximum atomic E-state index is 13.0. The molecule has 4 atom stereocenters. The van der Waals surface area contributed by atoms with Crippen molar-refractivity contribution < 1.29 is 24.2 Å². The van der Waals surface area contributed by atoms with E-state index < -0.39 is 18.1 Å². The van der Waals surface area contributed by atoms with Crippen LogP contribution >= 0.6 is 0 Å². The fraction of sp³-hybridized carbons (Fsp3) is 0.464. The number of benzene rings is 2. The summed E-state index contributed by atoms with van der Waals surface area (Å²) in [4.78, 5) is 38.7. The number of hydrogen-bond acceptors (Lipinski definition) is 4. The largest absolute Gasteiger partial charge is 0.480 e. The lowest BCUT2D eigenvalue weighted by atomic mass is 9.88. The van der Waals surface area contributed by atoms with Crippen LogP contribution in [0.3, 0.4) is 0 Å². The Balaban J connectivity index is 1.12. The van der Waals surface area contributed by atoms with Crippen LogP contribution in [0.2, 0.25) is 0 Å². The highest BCUT2D eigenvalue weighted by Crippen LogP contribution is 2.44. The molecule has 1 saturated heterocycles. The Bertz CT molecular complexity index is 1090. The molecule has 5 rings (SSSR count). The molecule has 2 amide bonds. The van der Waals surface area contributed by atoms with Gasteiger partial charge >= 0.3 is 12.1 Å². The highest BCUT2D eigenvalue weighted by atomic mass is 16.5. The molecule has 1 heterocycles. The Morgan fingerprint density at radius 3 is 2.31 bits per heavy atom. The van der Waals surface area contributed by atoms with E-state index in [1.54, 1.807) is 4.90 Å². The predicted molar refractivity (Wildman–Crippen MR) is 131 cm³/mol. The maximum Gasteiger partial charge on any atom is 0.407 e. The molecular weight excluding hydrogens is 444 g/mol. The van der Waals surface area contributed by atoms with Gasteiger partial charge < -0.3 is 20.1 Å². The number of ether oxygens (including phenoxy) is 1. The smallest absolute Gasteiger partial charge is 0.407 e. The van der Waals surface area contributed by atoms with Gasteiger partial charge in [-0.05, 0) is 53.4 Å². The fourth-order valence-electron chi connectivity index (χ4n) is 5.76. The molecule has 0 aromatic heterocycles. The summed E-state index contributed by atoms with van der Waals surface area (Å²) in [5.74, 6) is -0.852. The summed E-state index contributed by atoms with van der Waals surface area (Å²) in [6, 6.07) is 15.6. The molecule has 3 aliphatic rings. The van der Waals surface area contributed by atoms with Crippen LogP contribution in [0.5, 0.6) is 0 Å². The molecule has 7 nitrogen and oxygen atoms in total. The van der Waals surface area contributed by atoms with Gasteiger partial charge in [-0.2, -0.15) is 0 Å². The Kier molecular flexibility index (Phi) is 6.50. The van der Waals surface area contributed by atoms with Gasteiger partial charge in [0, 0.05) is 24.9 Å². The van der Waals surface area contributed by atoms with E-state index in [-0.39, 0.29) is 30.3 Å². The van der Waals surface area contributed by atoms with E-state index in [0.29, 0.717) is 31.8 Å². The number of piperidine rings is 1. The maximum absolute atomic E-state index is 13.0. The summed E-state index contributed by atoms with van der Waals surface area (Å²) in [6.07, 6.45) is 2.48. The molecule has 1 aliphatic heterocycles. The number of carboxylic acid groups (broad SMARTS) is 1. The number of likely N-dealkylation sites (tertiary alicyclic amines) is 1. The minimum absolute atomic E-state index is 0.00222. The topological polar surface area (TPSA) is 95.9 Å². The van der Waals surface area contributed by atoms with E-state index >= 15 is 0 Å². The van der Waals surface area contributed by atoms with Gasteiger partial charge in [0.15, 0.2) is 0 Å². The number of carboxylic acids is 1. The van der Waals surface area contributed by atoms with Gasteiger partial charge in [0.1, 0.15) is 12.6 Å². The zero-order valence-corrected chi connectivity index (χ0v) is 20.0. The first-order valence-corrected chi connectivity index (χ1v) is 12.6. The van der Waals surface area contributed by atoms with Crippen molar-refractivity contribution in [2.75, 3.05) is 19.7 Å². The van der Waals surface area contributed by atoms with Gasteiger partial charge in [-0.25, -0.2) is 9.59 Å². The summed E-state index contributed by atoms with van der Waals surface area (Å²) in [6.45, 7) is 3.17. The molecule has 0 bridgehead atoms. The van der Waals surface area contributed by atoms with Gasteiger partial charge in [0.2, 0.25) is 5.91 Å². The summed E-state index contributed by atoms with van der Waals surface area (Å²) in [7, 11) is 0. The number of amides is 2. The van der Waals surface area contributed by atoms with Crippen LogP contribution in [0.15, 0.2) is 48.5 Å². The second kappa shape index (κ2) is 9.72. The molecular formula is C28H32N2O5. The van der Waals surface area contributed by atoms with Crippen LogP contribution < -0.4 is 5.32 Å². The van der Waals surface area contributed by atoms with Crippen LogP contribution in [0.25, 0.3) is 11.1 Å². The predicted octanol–water partition coefficient (Wildman–Crippen LogP) is 4.26. The summed E-state index contributed by atoms with van der Waals surface area (Å²) >= 11 is 0. The first-order chi connectivity index (χ1) is 17.0. The number of carbonyl (C=O) groups excluding carboxylic acids is 2. The van der Waals surface area contributed by atoms with Crippen LogP contribution in [0.4, 0.5) is 4.79 Å². The van der Waals surface area contributed by atoms with Crippen molar-refractivity contribution in [3.05, 3.63) is 59.7 Å². The molecule has 2 fully saturated rings. The van der Waals surface area contributed by atoms with Crippen molar-refractivity contribution in [1.29, 1.82) is 0 Å². The fourth-order valence-corrected chi connectivity index (χ4v) is 5.76. The van der Waals surface area contributed by atoms with Gasteiger partial charge in [-0.1, -0.05) is 61.9 Å². The Hall–Kier alpha value is -3.35. The zero-order valence-electron chi connectivity index (χ0n) is 20.0. The molecule has 2 aromatic carbocycles. The van der Waals surface area contributed by atoms with Crippen LogP contribution in [-0.2, 0) is 14.3 Å². The van der Waals surface area contributed by atoms with E-state index in [1.807, 2.05) is 24.3 Å². The minimum atomic E-state index is -0.925. The van der Waals surface area contributed by atoms with Crippen molar-refractivity contribution >= 4 is 18.0 Å². The van der Waals surface area contributed by atoms with Gasteiger partial charge in [0.05, 0.1) is 0 Å². The summed E-state index contributed by atoms with van der Waals surface area (Å²) in [5, 5.41) is 12.4. The molecule has 2 unspecified atom stereocenters. The number of fused-ring (bicyclic) bond motifs is 3. The molecule has 0 spiro atoms. The van der Waals surface area contributed by atoms with E-state index in [4.69, 9.17) is 4.74 Å². The van der Waals surface area contributed by atoms with Crippen molar-refractivity contribution in [3.8, 4) is 11.1 Å². The third kappa shape index (κ3) is 4.64. The lowest BCUT2D eigenvalue weighted by Gasteiger charge is -2.37. The van der Waals surface area contributed by atoms with Crippen molar-refractivity contribution in [2.45, 2.75) is 44.6 Å². The number of aliphatic carboxylic acids is 1. The molecule has 2 aromatic rings. The molecule has 7 heteroatoms. The van der Waals surface area contributed by atoms with E-state index in [0.717, 1.165) is 24.0 Å². The van der Waals surface area contributed by atoms with Crippen molar-refractivity contribution in [1.82, 2.24) is 10.2 Å². The molecule has 2 N–H and O–H groups in total. The number of hydrogen-bond donors (Lipinski definition) is 2. The van der Waals surface area contributed by atoms with Gasteiger partial charge in [-0.15, -0.1) is 0 Å². The van der Waals surface area contributed by atoms with E-state index in [9.17, 15) is 19.5 Å². The van der Waals surface area contributed by atoms with Crippen LogP contribution in [-0.4, -0.2) is 53.7 Å². The Morgan fingerprint density at radius 2 is 1.69 bits per heavy atom. The molecule has 35 heavy (non-hydrogen) atoms. The summed E-state index contributed by atoms with van der Waals surface area (Å²) in [5.41, 5.74) is 4.68. The standard InChI is InChI=1S/C28H32N2O5/c1-2-17-11-12-30(25(13-17)27(32)33)26(31)23-14-18(23)15-29-28(34)35-16-24-21-9-5-3-7-19(21)20-8-4-6-10-22(20)24/h3-10,17-18,23-25H,2,11-16H2,1H3,(H,29,34)(H,32,33)/t17?,18-,23-,25?/m0/s1. The summed E-state index contributed by atoms with van der Waals surface area (Å²) < 4.78 is 5.58. The van der Waals surface area contributed by atoms with Crippen LogP contribution in [0.1, 0.15) is 49.7 Å².